The smallest absolute Gasteiger partial charge is 0.295 e. The van der Waals surface area contributed by atoms with Gasteiger partial charge in [-0.1, -0.05) is 38.1 Å². The Bertz CT molecular complexity index is 1180. The molecule has 0 spiro atoms. The van der Waals surface area contributed by atoms with Crippen molar-refractivity contribution in [1.29, 1.82) is 0 Å². The standard InChI is InChI=1S/C29H34N2O5/c1-18(2)20-4-6-21(7-5-20)26-25(27(32)22-8-9-24-23(17-22)16-19(3)36-24)28(33)29(34)31(26)11-10-30-12-14-35-15-13-30/h4-9,17-19,26,32H,10-16H2,1-3H3/b27-25+/t19-,26+/m1/s1. The van der Waals surface area contributed by atoms with Gasteiger partial charge in [0, 0.05) is 38.2 Å². The maximum Gasteiger partial charge on any atom is 0.295 e. The van der Waals surface area contributed by atoms with Crippen LogP contribution in [0.15, 0.2) is 48.0 Å². The van der Waals surface area contributed by atoms with Gasteiger partial charge in [0.15, 0.2) is 0 Å². The quantitative estimate of drug-likeness (QED) is 0.376. The number of amides is 1. The highest BCUT2D eigenvalue weighted by atomic mass is 16.5. The Morgan fingerprint density at radius 3 is 2.47 bits per heavy atom. The average Bonchev–Trinajstić information content (AvgIpc) is 3.38. The number of hydrogen-bond donors (Lipinski definition) is 1. The SMILES string of the molecule is CC(C)c1ccc([C@H]2/C(=C(\O)c3ccc4c(c3)C[C@@H](C)O4)C(=O)C(=O)N2CCN2CCOCC2)cc1. The maximum absolute atomic E-state index is 13.4. The molecule has 5 rings (SSSR count). The van der Waals surface area contributed by atoms with Crippen molar-refractivity contribution in [3.05, 3.63) is 70.3 Å². The lowest BCUT2D eigenvalue weighted by atomic mass is 9.92. The topological polar surface area (TPSA) is 79.3 Å². The Labute approximate surface area is 212 Å². The molecule has 36 heavy (non-hydrogen) atoms. The molecule has 0 radical (unpaired) electrons. The molecule has 2 aromatic rings. The molecule has 2 atom stereocenters. The van der Waals surface area contributed by atoms with Crippen molar-refractivity contribution in [1.82, 2.24) is 9.80 Å². The summed E-state index contributed by atoms with van der Waals surface area (Å²) >= 11 is 0. The number of hydrogen-bond acceptors (Lipinski definition) is 6. The first-order valence-electron chi connectivity index (χ1n) is 12.8. The number of aliphatic hydroxyl groups is 1. The highest BCUT2D eigenvalue weighted by Gasteiger charge is 2.46. The van der Waals surface area contributed by atoms with E-state index < -0.39 is 17.7 Å². The van der Waals surface area contributed by atoms with Crippen LogP contribution in [0.5, 0.6) is 5.75 Å². The van der Waals surface area contributed by atoms with Gasteiger partial charge in [-0.25, -0.2) is 0 Å². The molecule has 7 nitrogen and oxygen atoms in total. The van der Waals surface area contributed by atoms with Crippen LogP contribution in [0.1, 0.15) is 55.0 Å². The number of Topliss-reactive ketones (excluding diaryl/α,β-unsaturated/α-hetero) is 1. The zero-order valence-electron chi connectivity index (χ0n) is 21.2. The second-order valence-corrected chi connectivity index (χ2v) is 10.2. The lowest BCUT2D eigenvalue weighted by Crippen LogP contribution is -2.42. The molecule has 3 aliphatic rings. The van der Waals surface area contributed by atoms with E-state index in [0.717, 1.165) is 36.4 Å². The van der Waals surface area contributed by atoms with Crippen LogP contribution in [0.2, 0.25) is 0 Å². The molecule has 2 saturated heterocycles. The van der Waals surface area contributed by atoms with Gasteiger partial charge in [0.2, 0.25) is 0 Å². The number of benzene rings is 2. The highest BCUT2D eigenvalue weighted by Crippen LogP contribution is 2.40. The summed E-state index contributed by atoms with van der Waals surface area (Å²) in [4.78, 5) is 30.5. The molecule has 3 aliphatic heterocycles. The predicted octanol–water partition coefficient (Wildman–Crippen LogP) is 3.89. The Morgan fingerprint density at radius 1 is 1.06 bits per heavy atom. The second-order valence-electron chi connectivity index (χ2n) is 10.2. The van der Waals surface area contributed by atoms with Crippen LogP contribution in [0.3, 0.4) is 0 Å². The van der Waals surface area contributed by atoms with Crippen LogP contribution in [0.25, 0.3) is 5.76 Å². The molecule has 3 heterocycles. The fourth-order valence-electron chi connectivity index (χ4n) is 5.32. The van der Waals surface area contributed by atoms with Gasteiger partial charge in [0.1, 0.15) is 17.6 Å². The summed E-state index contributed by atoms with van der Waals surface area (Å²) in [5.74, 6) is -0.186. The van der Waals surface area contributed by atoms with Crippen LogP contribution in [0, 0.1) is 0 Å². The van der Waals surface area contributed by atoms with Crippen molar-refractivity contribution in [2.24, 2.45) is 0 Å². The number of fused-ring (bicyclic) bond motifs is 1. The van der Waals surface area contributed by atoms with E-state index in [1.165, 1.54) is 5.56 Å². The zero-order chi connectivity index (χ0) is 25.4. The number of aliphatic hydroxyl groups excluding tert-OH is 1. The molecular formula is C29H34N2O5. The fourth-order valence-corrected chi connectivity index (χ4v) is 5.32. The zero-order valence-corrected chi connectivity index (χ0v) is 21.2. The van der Waals surface area contributed by atoms with Gasteiger partial charge in [-0.3, -0.25) is 14.5 Å². The molecule has 1 N–H and O–H groups in total. The third-order valence-corrected chi connectivity index (χ3v) is 7.39. The van der Waals surface area contributed by atoms with Crippen molar-refractivity contribution in [3.63, 3.8) is 0 Å². The number of rotatable bonds is 6. The monoisotopic (exact) mass is 490 g/mol. The highest BCUT2D eigenvalue weighted by molar-refractivity contribution is 6.46. The predicted molar refractivity (Wildman–Crippen MR) is 137 cm³/mol. The summed E-state index contributed by atoms with van der Waals surface area (Å²) in [5, 5.41) is 11.4. The molecule has 1 amide bonds. The molecule has 2 aromatic carbocycles. The van der Waals surface area contributed by atoms with Crippen molar-refractivity contribution >= 4 is 17.4 Å². The van der Waals surface area contributed by atoms with Crippen LogP contribution in [0.4, 0.5) is 0 Å². The minimum atomic E-state index is -0.643. The fraction of sp³-hybridized carbons (Fsp3) is 0.448. The van der Waals surface area contributed by atoms with Gasteiger partial charge >= 0.3 is 0 Å². The molecule has 190 valence electrons. The van der Waals surface area contributed by atoms with E-state index in [9.17, 15) is 14.7 Å². The van der Waals surface area contributed by atoms with Gasteiger partial charge in [0.05, 0.1) is 24.8 Å². The molecule has 0 saturated carbocycles. The molecule has 0 aromatic heterocycles. The number of morpholine rings is 1. The Kier molecular flexibility index (Phi) is 6.86. The number of ether oxygens (including phenoxy) is 2. The van der Waals surface area contributed by atoms with Crippen LogP contribution in [-0.4, -0.2) is 72.1 Å². The second kappa shape index (κ2) is 10.1. The van der Waals surface area contributed by atoms with Crippen molar-refractivity contribution in [2.45, 2.75) is 45.3 Å². The third kappa shape index (κ3) is 4.65. The first-order chi connectivity index (χ1) is 17.3. The van der Waals surface area contributed by atoms with E-state index in [2.05, 4.69) is 18.7 Å². The lowest BCUT2D eigenvalue weighted by Gasteiger charge is -2.31. The summed E-state index contributed by atoms with van der Waals surface area (Å²) in [6.45, 7) is 10.2. The van der Waals surface area contributed by atoms with E-state index >= 15 is 0 Å². The summed E-state index contributed by atoms with van der Waals surface area (Å²) in [6.07, 6.45) is 0.812. The van der Waals surface area contributed by atoms with Crippen LogP contribution < -0.4 is 4.74 Å². The Morgan fingerprint density at radius 2 is 1.78 bits per heavy atom. The van der Waals surface area contributed by atoms with Gasteiger partial charge < -0.3 is 19.5 Å². The summed E-state index contributed by atoms with van der Waals surface area (Å²) in [7, 11) is 0. The normalized spacial score (nSPS) is 23.8. The minimum absolute atomic E-state index is 0.0719. The van der Waals surface area contributed by atoms with E-state index in [1.54, 1.807) is 11.0 Å². The molecule has 0 bridgehead atoms. The Hall–Kier alpha value is -3.16. The average molecular weight is 491 g/mol. The molecule has 0 unspecified atom stereocenters. The van der Waals surface area contributed by atoms with E-state index in [-0.39, 0.29) is 17.4 Å². The number of carbonyl (C=O) groups is 2. The maximum atomic E-state index is 13.4. The molecule has 2 fully saturated rings. The van der Waals surface area contributed by atoms with Gasteiger partial charge in [0.25, 0.3) is 11.7 Å². The van der Waals surface area contributed by atoms with Crippen molar-refractivity contribution < 1.29 is 24.2 Å². The summed E-state index contributed by atoms with van der Waals surface area (Å²) in [6, 6.07) is 12.8. The first-order valence-corrected chi connectivity index (χ1v) is 12.8. The number of ketones is 1. The number of carbonyl (C=O) groups excluding carboxylic acids is 2. The molecule has 0 aliphatic carbocycles. The van der Waals surface area contributed by atoms with Crippen molar-refractivity contribution in [2.75, 3.05) is 39.4 Å². The van der Waals surface area contributed by atoms with E-state index in [1.807, 2.05) is 43.3 Å². The number of nitrogens with zero attached hydrogens (tertiary/aromatic N) is 2. The van der Waals surface area contributed by atoms with Crippen molar-refractivity contribution in [3.8, 4) is 5.75 Å². The van der Waals surface area contributed by atoms with E-state index in [4.69, 9.17) is 9.47 Å². The van der Waals surface area contributed by atoms with Crippen LogP contribution >= 0.6 is 0 Å². The first kappa shape index (κ1) is 24.5. The largest absolute Gasteiger partial charge is 0.507 e. The lowest BCUT2D eigenvalue weighted by molar-refractivity contribution is -0.140. The molecular weight excluding hydrogens is 456 g/mol. The minimum Gasteiger partial charge on any atom is -0.507 e. The van der Waals surface area contributed by atoms with Crippen LogP contribution in [-0.2, 0) is 20.7 Å². The van der Waals surface area contributed by atoms with Gasteiger partial charge in [-0.15, -0.1) is 0 Å². The van der Waals surface area contributed by atoms with E-state index in [0.29, 0.717) is 37.8 Å². The third-order valence-electron chi connectivity index (χ3n) is 7.39. The van der Waals surface area contributed by atoms with Gasteiger partial charge in [-0.05, 0) is 47.7 Å². The summed E-state index contributed by atoms with van der Waals surface area (Å²) in [5.41, 5.74) is 3.66. The van der Waals surface area contributed by atoms with Gasteiger partial charge in [-0.2, -0.15) is 0 Å². The number of likely N-dealkylation sites (tertiary alicyclic amines) is 1. The Balaban J connectivity index is 1.53. The summed E-state index contributed by atoms with van der Waals surface area (Å²) < 4.78 is 11.2. The molecule has 7 heteroatoms.